The predicted octanol–water partition coefficient (Wildman–Crippen LogP) is 2.80. The second-order valence-corrected chi connectivity index (χ2v) is 6.41. The van der Waals surface area contributed by atoms with Crippen LogP contribution < -0.4 is 9.80 Å². The lowest BCUT2D eigenvalue weighted by molar-refractivity contribution is 0.767. The Morgan fingerprint density at radius 2 is 1.83 bits per heavy atom. The summed E-state index contributed by atoms with van der Waals surface area (Å²) >= 11 is 6.36. The van der Waals surface area contributed by atoms with Crippen LogP contribution in [0.25, 0.3) is 5.78 Å². The Hall–Kier alpha value is -2.34. The molecule has 124 valence electrons. The molecule has 0 bridgehead atoms. The molecule has 1 aliphatic rings. The number of hydrogen-bond acceptors (Lipinski definition) is 5. The molecule has 0 radical (unpaired) electrons. The van der Waals surface area contributed by atoms with Gasteiger partial charge in [-0.2, -0.15) is 14.6 Å². The molecule has 3 aromatic rings. The Morgan fingerprint density at radius 1 is 1.04 bits per heavy atom. The minimum Gasteiger partial charge on any atom is -0.368 e. The first-order chi connectivity index (χ1) is 11.7. The number of rotatable bonds is 2. The lowest BCUT2D eigenvalue weighted by Crippen LogP contribution is -2.32. The number of para-hydroxylation sites is 1. The van der Waals surface area contributed by atoms with Gasteiger partial charge in [0.1, 0.15) is 12.1 Å². The molecule has 1 fully saturated rings. The van der Waals surface area contributed by atoms with Crippen LogP contribution in [0.1, 0.15) is 12.1 Å². The number of nitrogens with zero attached hydrogens (tertiary/aromatic N) is 6. The number of fused-ring (bicyclic) bond motifs is 1. The summed E-state index contributed by atoms with van der Waals surface area (Å²) in [6.07, 6.45) is 2.61. The van der Waals surface area contributed by atoms with Gasteiger partial charge in [-0.05, 0) is 25.5 Å². The van der Waals surface area contributed by atoms with E-state index in [0.29, 0.717) is 5.78 Å². The van der Waals surface area contributed by atoms with Crippen molar-refractivity contribution < 1.29 is 0 Å². The van der Waals surface area contributed by atoms with Crippen LogP contribution in [0.5, 0.6) is 0 Å². The van der Waals surface area contributed by atoms with Crippen molar-refractivity contribution in [3.8, 4) is 0 Å². The molecule has 7 heteroatoms. The molecule has 0 amide bonds. The number of hydrogen-bond donors (Lipinski definition) is 0. The molecule has 1 aliphatic heterocycles. The maximum absolute atomic E-state index is 6.36. The van der Waals surface area contributed by atoms with E-state index in [0.717, 1.165) is 54.8 Å². The lowest BCUT2D eigenvalue weighted by atomic mass is 10.2. The SMILES string of the molecule is Cc1cc(N2CCCN(c3ccccc3Cl)CC2)n2ncnc2n1. The molecule has 4 rings (SSSR count). The topological polar surface area (TPSA) is 49.6 Å². The summed E-state index contributed by atoms with van der Waals surface area (Å²) in [5, 5.41) is 5.13. The minimum atomic E-state index is 0.650. The molecule has 0 unspecified atom stereocenters. The fourth-order valence-corrected chi connectivity index (χ4v) is 3.49. The van der Waals surface area contributed by atoms with Gasteiger partial charge in [-0.1, -0.05) is 23.7 Å². The normalized spacial score (nSPS) is 15.8. The maximum atomic E-state index is 6.36. The fourth-order valence-electron chi connectivity index (χ4n) is 3.23. The maximum Gasteiger partial charge on any atom is 0.254 e. The van der Waals surface area contributed by atoms with Crippen molar-refractivity contribution in [1.29, 1.82) is 0 Å². The molecule has 0 atom stereocenters. The first-order valence-corrected chi connectivity index (χ1v) is 8.52. The number of benzene rings is 1. The third-order valence-electron chi connectivity index (χ3n) is 4.37. The quantitative estimate of drug-likeness (QED) is 0.716. The van der Waals surface area contributed by atoms with Gasteiger partial charge in [-0.25, -0.2) is 4.98 Å². The first kappa shape index (κ1) is 15.2. The molecule has 0 N–H and O–H groups in total. The number of halogens is 1. The van der Waals surface area contributed by atoms with Crippen LogP contribution in [-0.4, -0.2) is 45.8 Å². The summed E-state index contributed by atoms with van der Waals surface area (Å²) in [7, 11) is 0. The van der Waals surface area contributed by atoms with Gasteiger partial charge < -0.3 is 9.80 Å². The van der Waals surface area contributed by atoms with E-state index in [1.54, 1.807) is 6.33 Å². The second kappa shape index (κ2) is 6.28. The summed E-state index contributed by atoms with van der Waals surface area (Å²) < 4.78 is 1.82. The van der Waals surface area contributed by atoms with Gasteiger partial charge in [-0.3, -0.25) is 0 Å². The monoisotopic (exact) mass is 342 g/mol. The Kier molecular flexibility index (Phi) is 3.98. The van der Waals surface area contributed by atoms with Gasteiger partial charge in [0.25, 0.3) is 5.78 Å². The molecule has 1 saturated heterocycles. The zero-order valence-corrected chi connectivity index (χ0v) is 14.3. The molecule has 0 aliphatic carbocycles. The molecule has 6 nitrogen and oxygen atoms in total. The number of anilines is 2. The minimum absolute atomic E-state index is 0.650. The van der Waals surface area contributed by atoms with Crippen LogP contribution in [-0.2, 0) is 0 Å². The average Bonchev–Trinajstić information content (AvgIpc) is 2.90. The standard InChI is InChI=1S/C17H19ClN6/c1-13-11-16(24-17(21-13)19-12-20-24)23-8-4-7-22(9-10-23)15-6-3-2-5-14(15)18/h2-3,5-6,11-12H,4,7-10H2,1H3. The average molecular weight is 343 g/mol. The molecule has 24 heavy (non-hydrogen) atoms. The second-order valence-electron chi connectivity index (χ2n) is 6.01. The van der Waals surface area contributed by atoms with E-state index < -0.39 is 0 Å². The van der Waals surface area contributed by atoms with E-state index in [1.165, 1.54) is 0 Å². The van der Waals surface area contributed by atoms with Crippen LogP contribution in [0.15, 0.2) is 36.7 Å². The Morgan fingerprint density at radius 3 is 2.71 bits per heavy atom. The Balaban J connectivity index is 1.61. The molecule has 2 aromatic heterocycles. The van der Waals surface area contributed by atoms with Gasteiger partial charge in [0.15, 0.2) is 0 Å². The molecule has 1 aromatic carbocycles. The smallest absolute Gasteiger partial charge is 0.254 e. The van der Waals surface area contributed by atoms with E-state index in [1.807, 2.05) is 29.6 Å². The van der Waals surface area contributed by atoms with Crippen LogP contribution >= 0.6 is 11.6 Å². The van der Waals surface area contributed by atoms with Crippen LogP contribution in [0, 0.1) is 6.92 Å². The van der Waals surface area contributed by atoms with E-state index in [2.05, 4.69) is 37.0 Å². The van der Waals surface area contributed by atoms with Crippen LogP contribution in [0.3, 0.4) is 0 Å². The van der Waals surface area contributed by atoms with Crippen molar-refractivity contribution in [1.82, 2.24) is 19.6 Å². The van der Waals surface area contributed by atoms with Crippen molar-refractivity contribution in [2.24, 2.45) is 0 Å². The van der Waals surface area contributed by atoms with Crippen LogP contribution in [0.2, 0.25) is 5.02 Å². The molecule has 0 spiro atoms. The summed E-state index contributed by atoms with van der Waals surface area (Å²) in [4.78, 5) is 13.4. The Labute approximate surface area is 145 Å². The number of aromatic nitrogens is 4. The summed E-state index contributed by atoms with van der Waals surface area (Å²) in [5.41, 5.74) is 2.07. The van der Waals surface area contributed by atoms with Gasteiger partial charge in [0.05, 0.1) is 10.7 Å². The molecular formula is C17H19ClN6. The van der Waals surface area contributed by atoms with Gasteiger partial charge in [0.2, 0.25) is 0 Å². The van der Waals surface area contributed by atoms with E-state index >= 15 is 0 Å². The largest absolute Gasteiger partial charge is 0.368 e. The van der Waals surface area contributed by atoms with Crippen molar-refractivity contribution in [2.45, 2.75) is 13.3 Å². The van der Waals surface area contributed by atoms with Gasteiger partial charge in [0, 0.05) is 37.9 Å². The highest BCUT2D eigenvalue weighted by Gasteiger charge is 2.19. The molecule has 3 heterocycles. The number of aryl methyl sites for hydroxylation is 1. The lowest BCUT2D eigenvalue weighted by Gasteiger charge is -2.25. The van der Waals surface area contributed by atoms with Crippen molar-refractivity contribution >= 4 is 28.9 Å². The van der Waals surface area contributed by atoms with Gasteiger partial charge >= 0.3 is 0 Å². The highest BCUT2D eigenvalue weighted by Crippen LogP contribution is 2.27. The highest BCUT2D eigenvalue weighted by atomic mass is 35.5. The van der Waals surface area contributed by atoms with Gasteiger partial charge in [-0.15, -0.1) is 0 Å². The molecular weight excluding hydrogens is 324 g/mol. The van der Waals surface area contributed by atoms with Crippen LogP contribution in [0.4, 0.5) is 11.5 Å². The third-order valence-corrected chi connectivity index (χ3v) is 4.69. The zero-order valence-electron chi connectivity index (χ0n) is 13.6. The zero-order chi connectivity index (χ0) is 16.5. The fraction of sp³-hybridized carbons (Fsp3) is 0.353. The van der Waals surface area contributed by atoms with E-state index in [9.17, 15) is 0 Å². The Bertz CT molecular complexity index is 861. The van der Waals surface area contributed by atoms with E-state index in [4.69, 9.17) is 11.6 Å². The van der Waals surface area contributed by atoms with Crippen molar-refractivity contribution in [3.05, 3.63) is 47.4 Å². The summed E-state index contributed by atoms with van der Waals surface area (Å²) in [5.74, 6) is 1.70. The highest BCUT2D eigenvalue weighted by molar-refractivity contribution is 6.33. The van der Waals surface area contributed by atoms with Crippen molar-refractivity contribution in [3.63, 3.8) is 0 Å². The third kappa shape index (κ3) is 2.78. The van der Waals surface area contributed by atoms with E-state index in [-0.39, 0.29) is 0 Å². The summed E-state index contributed by atoms with van der Waals surface area (Å²) in [6, 6.07) is 10.1. The predicted molar refractivity (Wildman–Crippen MR) is 96.0 cm³/mol. The van der Waals surface area contributed by atoms with Crippen molar-refractivity contribution in [2.75, 3.05) is 36.0 Å². The molecule has 0 saturated carbocycles. The first-order valence-electron chi connectivity index (χ1n) is 8.14. The summed E-state index contributed by atoms with van der Waals surface area (Å²) in [6.45, 7) is 5.78.